The number of carbonyl (C=O) groups excluding carboxylic acids is 1. The van der Waals surface area contributed by atoms with E-state index in [0.29, 0.717) is 11.7 Å². The van der Waals surface area contributed by atoms with Gasteiger partial charge in [0.05, 0.1) is 33.6 Å². The van der Waals surface area contributed by atoms with Crippen LogP contribution in [0.15, 0.2) is 60.0 Å². The van der Waals surface area contributed by atoms with Gasteiger partial charge < -0.3 is 4.57 Å². The lowest BCUT2D eigenvalue weighted by Gasteiger charge is -2.20. The number of benzene rings is 2. The van der Waals surface area contributed by atoms with Crippen LogP contribution < -0.4 is 4.90 Å². The van der Waals surface area contributed by atoms with Crippen LogP contribution in [0.5, 0.6) is 0 Å². The molecule has 0 atom stereocenters. The van der Waals surface area contributed by atoms with E-state index in [-0.39, 0.29) is 23.0 Å². The first-order chi connectivity index (χ1) is 16.3. The summed E-state index contributed by atoms with van der Waals surface area (Å²) in [6.45, 7) is 7.01. The maximum absolute atomic E-state index is 13.4. The number of aryl methyl sites for hydroxylation is 3. The molecule has 2 heterocycles. The number of hydrogen-bond acceptors (Lipinski definition) is 6. The fraction of sp³-hybridized carbons (Fsp3) is 0.320. The van der Waals surface area contributed by atoms with Gasteiger partial charge in [-0.2, -0.15) is 0 Å². The van der Waals surface area contributed by atoms with Gasteiger partial charge in [0.2, 0.25) is 5.91 Å². The molecule has 0 saturated heterocycles. The number of fused-ring (bicyclic) bond motifs is 1. The topological polar surface area (TPSA) is 85.2 Å². The van der Waals surface area contributed by atoms with E-state index in [0.717, 1.165) is 34.3 Å². The molecule has 34 heavy (non-hydrogen) atoms. The molecule has 0 saturated carbocycles. The number of imidazole rings is 1. The van der Waals surface area contributed by atoms with Crippen molar-refractivity contribution in [1.29, 1.82) is 0 Å². The predicted molar refractivity (Wildman–Crippen MR) is 136 cm³/mol. The Bertz CT molecular complexity index is 1390. The number of sulfone groups is 1. The number of rotatable bonds is 9. The highest BCUT2D eigenvalue weighted by molar-refractivity contribution is 7.91. The minimum atomic E-state index is -3.27. The predicted octanol–water partition coefficient (Wildman–Crippen LogP) is 4.57. The summed E-state index contributed by atoms with van der Waals surface area (Å²) in [4.78, 5) is 24.4. The molecule has 4 rings (SSSR count). The lowest BCUT2D eigenvalue weighted by atomic mass is 10.1. The summed E-state index contributed by atoms with van der Waals surface area (Å²) in [6, 6.07) is 10.7. The van der Waals surface area contributed by atoms with E-state index in [2.05, 4.69) is 31.0 Å². The molecule has 2 aromatic carbocycles. The summed E-state index contributed by atoms with van der Waals surface area (Å²) in [5.74, 6) is -0.0166. The lowest BCUT2D eigenvalue weighted by Crippen LogP contribution is -2.33. The maximum Gasteiger partial charge on any atom is 0.233 e. The highest BCUT2D eigenvalue weighted by atomic mass is 32.2. The van der Waals surface area contributed by atoms with E-state index in [1.54, 1.807) is 48.6 Å². The molecule has 178 valence electrons. The number of amides is 1. The number of carbonyl (C=O) groups is 1. The summed E-state index contributed by atoms with van der Waals surface area (Å²) in [7, 11) is -3.27. The molecule has 0 bridgehead atoms. The van der Waals surface area contributed by atoms with Gasteiger partial charge in [0.15, 0.2) is 15.0 Å². The quantitative estimate of drug-likeness (QED) is 0.339. The third-order valence-electron chi connectivity index (χ3n) is 5.98. The summed E-state index contributed by atoms with van der Waals surface area (Å²) < 4.78 is 27.2. The minimum Gasteiger partial charge on any atom is -0.337 e. The number of hydrogen-bond donors (Lipinski definition) is 0. The normalized spacial score (nSPS) is 11.7. The molecule has 1 amide bonds. The van der Waals surface area contributed by atoms with Gasteiger partial charge in [0.1, 0.15) is 0 Å². The first kappa shape index (κ1) is 24.1. The van der Waals surface area contributed by atoms with Crippen LogP contribution in [-0.4, -0.2) is 41.2 Å². The molecule has 0 aliphatic carbocycles. The van der Waals surface area contributed by atoms with E-state index in [4.69, 9.17) is 4.98 Å². The smallest absolute Gasteiger partial charge is 0.233 e. The van der Waals surface area contributed by atoms with Crippen molar-refractivity contribution in [1.82, 2.24) is 14.5 Å². The molecule has 0 aliphatic heterocycles. The zero-order valence-electron chi connectivity index (χ0n) is 19.6. The van der Waals surface area contributed by atoms with E-state index in [1.807, 2.05) is 10.8 Å². The molecular weight excluding hydrogens is 468 g/mol. The molecular formula is C25H28N4O3S2. The molecule has 0 radical (unpaired) electrons. The molecule has 7 nitrogen and oxygen atoms in total. The molecule has 0 spiro atoms. The van der Waals surface area contributed by atoms with Gasteiger partial charge in [-0.15, -0.1) is 0 Å². The van der Waals surface area contributed by atoms with Crippen LogP contribution in [0.2, 0.25) is 0 Å². The van der Waals surface area contributed by atoms with Gasteiger partial charge in [0.25, 0.3) is 0 Å². The van der Waals surface area contributed by atoms with Crippen LogP contribution in [-0.2, 0) is 27.6 Å². The highest BCUT2D eigenvalue weighted by Crippen LogP contribution is 2.32. The van der Waals surface area contributed by atoms with E-state index in [9.17, 15) is 13.2 Å². The van der Waals surface area contributed by atoms with Gasteiger partial charge in [-0.3, -0.25) is 9.69 Å². The number of thiazole rings is 1. The van der Waals surface area contributed by atoms with Crippen molar-refractivity contribution in [2.45, 2.75) is 45.1 Å². The minimum absolute atomic E-state index is 0.0481. The fourth-order valence-electron chi connectivity index (χ4n) is 3.74. The molecule has 0 aliphatic rings. The Kier molecular flexibility index (Phi) is 7.13. The Morgan fingerprint density at radius 3 is 2.56 bits per heavy atom. The number of aromatic nitrogens is 3. The van der Waals surface area contributed by atoms with E-state index < -0.39 is 9.84 Å². The number of nitrogens with zero attached hydrogens (tertiary/aromatic N) is 4. The maximum atomic E-state index is 13.4. The molecule has 4 aromatic rings. The van der Waals surface area contributed by atoms with Crippen LogP contribution in [0.25, 0.3) is 10.2 Å². The van der Waals surface area contributed by atoms with Gasteiger partial charge in [-0.25, -0.2) is 18.4 Å². The zero-order valence-corrected chi connectivity index (χ0v) is 21.2. The average Bonchev–Trinajstić information content (AvgIpc) is 3.50. The van der Waals surface area contributed by atoms with Gasteiger partial charge in [-0.1, -0.05) is 36.5 Å². The van der Waals surface area contributed by atoms with Crippen molar-refractivity contribution in [3.8, 4) is 0 Å². The second-order valence-electron chi connectivity index (χ2n) is 8.27. The SMILES string of the molecule is CCS(=O)(=O)c1ccc(CC(=O)N(CCCn2ccnc2)c2nc3c(C)c(C)ccc3s2)cc1. The lowest BCUT2D eigenvalue weighted by molar-refractivity contribution is -0.118. The van der Waals surface area contributed by atoms with Crippen molar-refractivity contribution in [2.24, 2.45) is 0 Å². The van der Waals surface area contributed by atoms with Gasteiger partial charge in [-0.05, 0) is 55.2 Å². The van der Waals surface area contributed by atoms with Crippen molar-refractivity contribution >= 4 is 42.4 Å². The Hall–Kier alpha value is -3.04. The third-order valence-corrected chi connectivity index (χ3v) is 8.77. The Balaban J connectivity index is 1.58. The monoisotopic (exact) mass is 496 g/mol. The Morgan fingerprint density at radius 2 is 1.88 bits per heavy atom. The Labute approximate surface area is 204 Å². The molecule has 9 heteroatoms. The Morgan fingerprint density at radius 1 is 1.12 bits per heavy atom. The fourth-order valence-corrected chi connectivity index (χ4v) is 5.69. The zero-order chi connectivity index (χ0) is 24.3. The molecule has 2 aromatic heterocycles. The third kappa shape index (κ3) is 5.20. The van der Waals surface area contributed by atoms with Crippen LogP contribution in [0.3, 0.4) is 0 Å². The van der Waals surface area contributed by atoms with E-state index >= 15 is 0 Å². The first-order valence-corrected chi connectivity index (χ1v) is 13.7. The largest absolute Gasteiger partial charge is 0.337 e. The summed E-state index contributed by atoms with van der Waals surface area (Å²) >= 11 is 1.52. The van der Waals surface area contributed by atoms with Crippen LogP contribution in [0, 0.1) is 13.8 Å². The standard InChI is InChI=1S/C25H28N4O3S2/c1-4-34(31,32)21-9-7-20(8-10-21)16-23(30)29(14-5-13-28-15-12-26-17-28)25-27-24-19(3)18(2)6-11-22(24)33-25/h6-12,15,17H,4-5,13-14,16H2,1-3H3. The van der Waals surface area contributed by atoms with Crippen molar-refractivity contribution < 1.29 is 13.2 Å². The molecule has 0 fully saturated rings. The van der Waals surface area contributed by atoms with E-state index in [1.165, 1.54) is 16.9 Å². The van der Waals surface area contributed by atoms with Crippen molar-refractivity contribution in [2.75, 3.05) is 17.2 Å². The van der Waals surface area contributed by atoms with Gasteiger partial charge >= 0.3 is 0 Å². The summed E-state index contributed by atoms with van der Waals surface area (Å²) in [6.07, 6.45) is 6.34. The average molecular weight is 497 g/mol. The van der Waals surface area contributed by atoms with Crippen LogP contribution in [0.1, 0.15) is 30.0 Å². The highest BCUT2D eigenvalue weighted by Gasteiger charge is 2.21. The summed E-state index contributed by atoms with van der Waals surface area (Å²) in [5.41, 5.74) is 4.00. The van der Waals surface area contributed by atoms with Crippen LogP contribution >= 0.6 is 11.3 Å². The molecule has 0 N–H and O–H groups in total. The second kappa shape index (κ2) is 10.1. The molecule has 0 unspecified atom stereocenters. The second-order valence-corrected chi connectivity index (χ2v) is 11.6. The van der Waals surface area contributed by atoms with Crippen LogP contribution in [0.4, 0.5) is 5.13 Å². The van der Waals surface area contributed by atoms with Crippen molar-refractivity contribution in [3.05, 3.63) is 71.8 Å². The summed E-state index contributed by atoms with van der Waals surface area (Å²) in [5, 5.41) is 0.685. The first-order valence-electron chi connectivity index (χ1n) is 11.2. The van der Waals surface area contributed by atoms with Gasteiger partial charge in [0, 0.05) is 25.5 Å². The van der Waals surface area contributed by atoms with Crippen molar-refractivity contribution in [3.63, 3.8) is 0 Å². The number of anilines is 1.